The molecule has 0 saturated carbocycles. The van der Waals surface area contributed by atoms with E-state index >= 15 is 0 Å². The molecular weight excluding hydrogens is 323 g/mol. The second-order valence-corrected chi connectivity index (χ2v) is 5.97. The van der Waals surface area contributed by atoms with Gasteiger partial charge in [-0.25, -0.2) is 9.07 Å². The first-order valence-electron chi connectivity index (χ1n) is 8.32. The minimum Gasteiger partial charge on any atom is -0.354 e. The molecule has 134 valence electrons. The van der Waals surface area contributed by atoms with Crippen LogP contribution in [0.15, 0.2) is 30.5 Å². The minimum absolute atomic E-state index is 0.0730. The van der Waals surface area contributed by atoms with Gasteiger partial charge in [-0.1, -0.05) is 6.92 Å². The number of rotatable bonds is 7. The zero-order valence-corrected chi connectivity index (χ0v) is 14.7. The van der Waals surface area contributed by atoms with E-state index in [9.17, 15) is 14.0 Å². The normalized spacial score (nSPS) is 10.8. The summed E-state index contributed by atoms with van der Waals surface area (Å²) in [5, 5.41) is 9.75. The summed E-state index contributed by atoms with van der Waals surface area (Å²) in [6.07, 6.45) is 2.30. The zero-order chi connectivity index (χ0) is 18.4. The topological polar surface area (TPSA) is 76.0 Å². The highest BCUT2D eigenvalue weighted by atomic mass is 19.1. The van der Waals surface area contributed by atoms with E-state index in [4.69, 9.17) is 0 Å². The van der Waals surface area contributed by atoms with E-state index in [1.54, 1.807) is 16.8 Å². The monoisotopic (exact) mass is 346 g/mol. The average molecular weight is 346 g/mol. The van der Waals surface area contributed by atoms with Gasteiger partial charge in [-0.15, -0.1) is 0 Å². The lowest BCUT2D eigenvalue weighted by molar-refractivity contribution is -0.121. The Labute approximate surface area is 146 Å². The maximum Gasteiger partial charge on any atom is 0.254 e. The number of halogens is 1. The number of carbonyl (C=O) groups is 2. The highest BCUT2D eigenvalue weighted by molar-refractivity contribution is 5.95. The highest BCUT2D eigenvalue weighted by Crippen LogP contribution is 2.16. The van der Waals surface area contributed by atoms with Crippen molar-refractivity contribution in [2.45, 2.75) is 39.7 Å². The molecule has 1 aromatic carbocycles. The Hall–Kier alpha value is -2.70. The molecule has 0 aliphatic rings. The Balaban J connectivity index is 2.05. The lowest BCUT2D eigenvalue weighted by Crippen LogP contribution is -2.34. The Morgan fingerprint density at radius 3 is 2.52 bits per heavy atom. The van der Waals surface area contributed by atoms with Crippen LogP contribution in [0.4, 0.5) is 4.39 Å². The van der Waals surface area contributed by atoms with Crippen molar-refractivity contribution in [2.75, 3.05) is 6.54 Å². The first-order chi connectivity index (χ1) is 11.9. The quantitative estimate of drug-likeness (QED) is 0.807. The molecule has 1 aromatic heterocycles. The molecule has 0 fully saturated rings. The van der Waals surface area contributed by atoms with Crippen molar-refractivity contribution >= 4 is 11.8 Å². The van der Waals surface area contributed by atoms with Crippen molar-refractivity contribution in [3.8, 4) is 5.69 Å². The Morgan fingerprint density at radius 1 is 1.24 bits per heavy atom. The summed E-state index contributed by atoms with van der Waals surface area (Å²) in [5.74, 6) is -0.706. The number of hydrogen-bond acceptors (Lipinski definition) is 3. The molecule has 0 atom stereocenters. The second-order valence-electron chi connectivity index (χ2n) is 5.97. The number of carbonyl (C=O) groups excluding carboxylic acids is 2. The van der Waals surface area contributed by atoms with Gasteiger partial charge in [0.2, 0.25) is 5.91 Å². The number of amides is 2. The molecule has 2 rings (SSSR count). The summed E-state index contributed by atoms with van der Waals surface area (Å²) in [5.41, 5.74) is 1.88. The average Bonchev–Trinajstić information content (AvgIpc) is 2.98. The molecule has 2 amide bonds. The van der Waals surface area contributed by atoms with E-state index in [-0.39, 0.29) is 36.6 Å². The maximum atomic E-state index is 13.1. The lowest BCUT2D eigenvalue weighted by Gasteiger charge is -2.10. The van der Waals surface area contributed by atoms with E-state index in [2.05, 4.69) is 15.7 Å². The van der Waals surface area contributed by atoms with Gasteiger partial charge in [-0.2, -0.15) is 5.10 Å². The molecule has 0 bridgehead atoms. The summed E-state index contributed by atoms with van der Waals surface area (Å²) < 4.78 is 14.7. The maximum absolute atomic E-state index is 13.1. The highest BCUT2D eigenvalue weighted by Gasteiger charge is 2.17. The molecule has 7 heteroatoms. The van der Waals surface area contributed by atoms with Gasteiger partial charge in [0.25, 0.3) is 5.91 Å². The summed E-state index contributed by atoms with van der Waals surface area (Å²) in [6.45, 7) is 5.94. The van der Waals surface area contributed by atoms with Crippen molar-refractivity contribution < 1.29 is 14.0 Å². The van der Waals surface area contributed by atoms with Crippen LogP contribution in [0.1, 0.15) is 43.2 Å². The Bertz CT molecular complexity index is 738. The first-order valence-corrected chi connectivity index (χ1v) is 8.32. The van der Waals surface area contributed by atoms with Crippen LogP contribution >= 0.6 is 0 Å². The fourth-order valence-electron chi connectivity index (χ4n) is 2.49. The van der Waals surface area contributed by atoms with Gasteiger partial charge in [0.05, 0.1) is 23.1 Å². The molecule has 0 saturated heterocycles. The van der Waals surface area contributed by atoms with Crippen molar-refractivity contribution in [1.29, 1.82) is 0 Å². The largest absolute Gasteiger partial charge is 0.354 e. The van der Waals surface area contributed by atoms with Crippen LogP contribution in [0.5, 0.6) is 0 Å². The summed E-state index contributed by atoms with van der Waals surface area (Å²) in [4.78, 5) is 24.0. The second kappa shape index (κ2) is 8.41. The molecule has 0 unspecified atom stereocenters. The van der Waals surface area contributed by atoms with Gasteiger partial charge in [-0.05, 0) is 44.5 Å². The molecule has 0 aliphatic carbocycles. The van der Waals surface area contributed by atoms with Crippen LogP contribution in [-0.4, -0.2) is 34.2 Å². The van der Waals surface area contributed by atoms with Crippen molar-refractivity contribution in [3.63, 3.8) is 0 Å². The van der Waals surface area contributed by atoms with E-state index in [0.717, 1.165) is 5.69 Å². The van der Waals surface area contributed by atoms with Gasteiger partial charge >= 0.3 is 0 Å². The van der Waals surface area contributed by atoms with Crippen LogP contribution in [-0.2, 0) is 11.2 Å². The van der Waals surface area contributed by atoms with Gasteiger partial charge in [-0.3, -0.25) is 9.59 Å². The minimum atomic E-state index is -0.327. The van der Waals surface area contributed by atoms with Crippen molar-refractivity contribution in [2.24, 2.45) is 0 Å². The SMILES string of the molecule is CCc1c(C(=O)NCCC(=O)NC(C)C)cnn1-c1ccc(F)cc1. The lowest BCUT2D eigenvalue weighted by atomic mass is 10.2. The standard InChI is InChI=1S/C18H23FN4O2/c1-4-16-15(18(25)20-10-9-17(24)22-12(2)3)11-21-23(16)14-7-5-13(19)6-8-14/h5-8,11-12H,4,9-10H2,1-3H3,(H,20,25)(H,22,24). The summed E-state index contributed by atoms with van der Waals surface area (Å²) >= 11 is 0. The van der Waals surface area contributed by atoms with Crippen LogP contribution in [0.2, 0.25) is 0 Å². The first kappa shape index (κ1) is 18.6. The number of benzene rings is 1. The van der Waals surface area contributed by atoms with E-state index in [1.165, 1.54) is 18.3 Å². The van der Waals surface area contributed by atoms with Gasteiger partial charge in [0.15, 0.2) is 0 Å². The van der Waals surface area contributed by atoms with Crippen molar-refractivity contribution in [1.82, 2.24) is 20.4 Å². The van der Waals surface area contributed by atoms with Crippen LogP contribution in [0, 0.1) is 5.82 Å². The van der Waals surface area contributed by atoms with Gasteiger partial charge in [0, 0.05) is 19.0 Å². The molecule has 2 aromatic rings. The molecule has 0 aliphatic heterocycles. The smallest absolute Gasteiger partial charge is 0.254 e. The third-order valence-electron chi connectivity index (χ3n) is 3.61. The predicted molar refractivity (Wildman–Crippen MR) is 93.1 cm³/mol. The number of hydrogen-bond donors (Lipinski definition) is 2. The van der Waals surface area contributed by atoms with Gasteiger partial charge in [0.1, 0.15) is 5.82 Å². The zero-order valence-electron chi connectivity index (χ0n) is 14.7. The molecule has 0 radical (unpaired) electrons. The molecule has 1 heterocycles. The fraction of sp³-hybridized carbons (Fsp3) is 0.389. The van der Waals surface area contributed by atoms with Crippen LogP contribution in [0.25, 0.3) is 5.69 Å². The Kier molecular flexibility index (Phi) is 6.27. The Morgan fingerprint density at radius 2 is 1.92 bits per heavy atom. The molecule has 25 heavy (non-hydrogen) atoms. The van der Waals surface area contributed by atoms with Crippen molar-refractivity contribution in [3.05, 3.63) is 47.5 Å². The third-order valence-corrected chi connectivity index (χ3v) is 3.61. The number of nitrogens with zero attached hydrogens (tertiary/aromatic N) is 2. The molecule has 0 spiro atoms. The molecule has 2 N–H and O–H groups in total. The van der Waals surface area contributed by atoms with E-state index < -0.39 is 0 Å². The number of nitrogens with one attached hydrogen (secondary N) is 2. The fourth-order valence-corrected chi connectivity index (χ4v) is 2.49. The number of aromatic nitrogens is 2. The van der Waals surface area contributed by atoms with E-state index in [1.807, 2.05) is 20.8 Å². The van der Waals surface area contributed by atoms with E-state index in [0.29, 0.717) is 17.7 Å². The summed E-state index contributed by atoms with van der Waals surface area (Å²) in [7, 11) is 0. The van der Waals surface area contributed by atoms with Crippen LogP contribution in [0.3, 0.4) is 0 Å². The third kappa shape index (κ3) is 4.89. The summed E-state index contributed by atoms with van der Waals surface area (Å²) in [6, 6.07) is 6.00. The predicted octanol–water partition coefficient (Wildman–Crippen LogP) is 2.22. The molecular formula is C18H23FN4O2. The van der Waals surface area contributed by atoms with Gasteiger partial charge < -0.3 is 10.6 Å². The molecule has 6 nitrogen and oxygen atoms in total. The van der Waals surface area contributed by atoms with Crippen LogP contribution < -0.4 is 10.6 Å².